The number of nitrogens with zero attached hydrogens (tertiary/aromatic N) is 1. The molecule has 34 heavy (non-hydrogen) atoms. The third-order valence-corrected chi connectivity index (χ3v) is 6.68. The van der Waals surface area contributed by atoms with Gasteiger partial charge in [0, 0.05) is 17.8 Å². The van der Waals surface area contributed by atoms with E-state index in [4.69, 9.17) is 9.47 Å². The van der Waals surface area contributed by atoms with Crippen molar-refractivity contribution in [2.24, 2.45) is 10.9 Å². The minimum Gasteiger partial charge on any atom is -0.493 e. The van der Waals surface area contributed by atoms with Gasteiger partial charge in [-0.1, -0.05) is 54.6 Å². The van der Waals surface area contributed by atoms with Gasteiger partial charge in [-0.05, 0) is 72.4 Å². The van der Waals surface area contributed by atoms with Crippen LogP contribution in [0.25, 0.3) is 0 Å². The Balaban J connectivity index is 1.33. The van der Waals surface area contributed by atoms with E-state index >= 15 is 0 Å². The summed E-state index contributed by atoms with van der Waals surface area (Å²) in [6.45, 7) is 6.29. The van der Waals surface area contributed by atoms with Gasteiger partial charge in [-0.15, -0.1) is 0 Å². The zero-order valence-corrected chi connectivity index (χ0v) is 19.7. The highest BCUT2D eigenvalue weighted by Crippen LogP contribution is 2.50. The standard InChI is InChI=1S/C30H30N2O2/c1-4-16-34-28-15-9-21(18-29(28)33-3)19-31-23-12-10-22(11-13-23)30-25-7-5-6-24(25)26-17-20(2)8-14-27(26)32-30/h4-6,8-15,17-19,24-25,30,32H,1,7,16H2,2-3H3/t24-,25+,30+/m1/s1. The van der Waals surface area contributed by atoms with Crippen molar-refractivity contribution in [2.45, 2.75) is 25.3 Å². The molecule has 172 valence electrons. The van der Waals surface area contributed by atoms with Crippen molar-refractivity contribution in [1.29, 1.82) is 0 Å². The van der Waals surface area contributed by atoms with Crippen molar-refractivity contribution < 1.29 is 9.47 Å². The molecule has 1 heterocycles. The first kappa shape index (κ1) is 22.0. The van der Waals surface area contributed by atoms with Gasteiger partial charge < -0.3 is 14.8 Å². The quantitative estimate of drug-likeness (QED) is 0.307. The summed E-state index contributed by atoms with van der Waals surface area (Å²) >= 11 is 0. The van der Waals surface area contributed by atoms with Gasteiger partial charge in [0.25, 0.3) is 0 Å². The highest BCUT2D eigenvalue weighted by molar-refractivity contribution is 5.83. The second-order valence-electron chi connectivity index (χ2n) is 8.93. The number of benzene rings is 3. The Morgan fingerprint density at radius 3 is 2.71 bits per heavy atom. The number of ether oxygens (including phenoxy) is 2. The third kappa shape index (κ3) is 4.36. The maximum atomic E-state index is 5.63. The van der Waals surface area contributed by atoms with Gasteiger partial charge in [0.1, 0.15) is 6.61 Å². The topological polar surface area (TPSA) is 42.8 Å². The van der Waals surface area contributed by atoms with Crippen LogP contribution in [0.2, 0.25) is 0 Å². The fraction of sp³-hybridized carbons (Fsp3) is 0.233. The minimum absolute atomic E-state index is 0.292. The molecule has 0 radical (unpaired) electrons. The van der Waals surface area contributed by atoms with Crippen LogP contribution in [0.15, 0.2) is 90.5 Å². The molecule has 3 aromatic carbocycles. The molecular weight excluding hydrogens is 420 g/mol. The molecule has 3 aromatic rings. The number of methoxy groups -OCH3 is 1. The molecule has 1 aliphatic heterocycles. The van der Waals surface area contributed by atoms with E-state index in [1.807, 2.05) is 24.4 Å². The fourth-order valence-electron chi connectivity index (χ4n) is 4.99. The maximum absolute atomic E-state index is 5.63. The summed E-state index contributed by atoms with van der Waals surface area (Å²) in [5, 5.41) is 3.81. The van der Waals surface area contributed by atoms with E-state index in [2.05, 4.69) is 78.4 Å². The van der Waals surface area contributed by atoms with Crippen LogP contribution >= 0.6 is 0 Å². The molecule has 4 heteroatoms. The van der Waals surface area contributed by atoms with Gasteiger partial charge in [0.15, 0.2) is 11.5 Å². The summed E-state index contributed by atoms with van der Waals surface area (Å²) in [4.78, 5) is 4.67. The molecule has 0 bridgehead atoms. The first-order chi connectivity index (χ1) is 16.7. The van der Waals surface area contributed by atoms with Crippen LogP contribution in [-0.4, -0.2) is 19.9 Å². The van der Waals surface area contributed by atoms with Crippen LogP contribution in [0, 0.1) is 12.8 Å². The number of hydrogen-bond acceptors (Lipinski definition) is 4. The maximum Gasteiger partial charge on any atom is 0.161 e. The van der Waals surface area contributed by atoms with Gasteiger partial charge in [0.05, 0.1) is 18.8 Å². The number of allylic oxidation sites excluding steroid dienone is 2. The van der Waals surface area contributed by atoms with Gasteiger partial charge in [0.2, 0.25) is 0 Å². The Bertz CT molecular complexity index is 1240. The van der Waals surface area contributed by atoms with E-state index in [0.717, 1.165) is 17.7 Å². The Kier molecular flexibility index (Phi) is 6.22. The second kappa shape index (κ2) is 9.60. The van der Waals surface area contributed by atoms with Crippen molar-refractivity contribution in [1.82, 2.24) is 0 Å². The molecule has 0 saturated heterocycles. The van der Waals surface area contributed by atoms with Crippen molar-refractivity contribution in [2.75, 3.05) is 19.0 Å². The number of hydrogen-bond donors (Lipinski definition) is 1. The van der Waals surface area contributed by atoms with Crippen molar-refractivity contribution in [3.8, 4) is 11.5 Å². The lowest BCUT2D eigenvalue weighted by Gasteiger charge is -2.37. The Morgan fingerprint density at radius 1 is 1.06 bits per heavy atom. The van der Waals surface area contributed by atoms with Crippen LogP contribution in [0.5, 0.6) is 11.5 Å². The van der Waals surface area contributed by atoms with Crippen molar-refractivity contribution in [3.63, 3.8) is 0 Å². The molecule has 4 nitrogen and oxygen atoms in total. The number of aryl methyl sites for hydroxylation is 1. The molecule has 5 rings (SSSR count). The molecule has 1 N–H and O–H groups in total. The van der Waals surface area contributed by atoms with Crippen molar-refractivity contribution in [3.05, 3.63) is 108 Å². The molecule has 3 atom stereocenters. The molecular formula is C30H30N2O2. The molecule has 0 saturated carbocycles. The van der Waals surface area contributed by atoms with E-state index in [9.17, 15) is 0 Å². The lowest BCUT2D eigenvalue weighted by Crippen LogP contribution is -2.29. The number of rotatable bonds is 7. The molecule has 0 spiro atoms. The molecule has 2 aliphatic rings. The van der Waals surface area contributed by atoms with Gasteiger partial charge in [-0.2, -0.15) is 0 Å². The Hall–Kier alpha value is -3.79. The van der Waals surface area contributed by atoms with Crippen LogP contribution in [0.1, 0.15) is 40.6 Å². The molecule has 1 aliphatic carbocycles. The van der Waals surface area contributed by atoms with Gasteiger partial charge >= 0.3 is 0 Å². The molecule has 0 unspecified atom stereocenters. The van der Waals surface area contributed by atoms with Crippen molar-refractivity contribution >= 4 is 17.6 Å². The van der Waals surface area contributed by atoms with Crippen LogP contribution in [-0.2, 0) is 0 Å². The number of fused-ring (bicyclic) bond motifs is 3. The molecule has 0 fully saturated rings. The predicted molar refractivity (Wildman–Crippen MR) is 140 cm³/mol. The lowest BCUT2D eigenvalue weighted by molar-refractivity contribution is 0.326. The SMILES string of the molecule is C=CCOc1ccc(C=Nc2ccc([C@@H]3Nc4ccc(C)cc4[C@@H]4C=CC[C@@H]43)cc2)cc1OC. The van der Waals surface area contributed by atoms with E-state index in [1.54, 1.807) is 13.2 Å². The average molecular weight is 451 g/mol. The first-order valence-electron chi connectivity index (χ1n) is 11.8. The lowest BCUT2D eigenvalue weighted by atomic mass is 9.76. The Labute approximate surface area is 201 Å². The third-order valence-electron chi connectivity index (χ3n) is 6.68. The van der Waals surface area contributed by atoms with Gasteiger partial charge in [-0.3, -0.25) is 4.99 Å². The highest BCUT2D eigenvalue weighted by atomic mass is 16.5. The van der Waals surface area contributed by atoms with E-state index in [-0.39, 0.29) is 0 Å². The van der Waals surface area contributed by atoms with Gasteiger partial charge in [-0.25, -0.2) is 0 Å². The summed E-state index contributed by atoms with van der Waals surface area (Å²) in [6.07, 6.45) is 9.39. The van der Waals surface area contributed by atoms with Crippen LogP contribution < -0.4 is 14.8 Å². The summed E-state index contributed by atoms with van der Waals surface area (Å²) in [6, 6.07) is 21.4. The van der Waals surface area contributed by atoms with E-state index in [1.165, 1.54) is 22.4 Å². The number of anilines is 1. The fourth-order valence-corrected chi connectivity index (χ4v) is 4.99. The van der Waals surface area contributed by atoms with E-state index < -0.39 is 0 Å². The summed E-state index contributed by atoms with van der Waals surface area (Å²) in [5.74, 6) is 2.39. The largest absolute Gasteiger partial charge is 0.493 e. The molecule has 0 aromatic heterocycles. The predicted octanol–water partition coefficient (Wildman–Crippen LogP) is 7.15. The zero-order chi connectivity index (χ0) is 23.5. The van der Waals surface area contributed by atoms with E-state index in [0.29, 0.717) is 36.0 Å². The van der Waals surface area contributed by atoms with Crippen LogP contribution in [0.3, 0.4) is 0 Å². The molecule has 0 amide bonds. The first-order valence-corrected chi connectivity index (χ1v) is 11.8. The Morgan fingerprint density at radius 2 is 1.91 bits per heavy atom. The summed E-state index contributed by atoms with van der Waals surface area (Å²) < 4.78 is 11.1. The second-order valence-corrected chi connectivity index (χ2v) is 8.93. The summed E-state index contributed by atoms with van der Waals surface area (Å²) in [5.41, 5.74) is 7.16. The monoisotopic (exact) mass is 450 g/mol. The highest BCUT2D eigenvalue weighted by Gasteiger charge is 2.37. The average Bonchev–Trinajstić information content (AvgIpc) is 3.37. The smallest absolute Gasteiger partial charge is 0.161 e. The normalized spacial score (nSPS) is 20.5. The summed E-state index contributed by atoms with van der Waals surface area (Å²) in [7, 11) is 1.64. The number of aliphatic imine (C=N–C) groups is 1. The number of nitrogens with one attached hydrogen (secondary N) is 1. The minimum atomic E-state index is 0.292. The van der Waals surface area contributed by atoms with Crippen LogP contribution in [0.4, 0.5) is 11.4 Å². The zero-order valence-electron chi connectivity index (χ0n) is 19.7.